The van der Waals surface area contributed by atoms with Gasteiger partial charge in [-0.15, -0.1) is 0 Å². The minimum Gasteiger partial charge on any atom is -0.497 e. The van der Waals surface area contributed by atoms with Crippen LogP contribution in [0.15, 0.2) is 24.3 Å². The number of hydrogen-bond donors (Lipinski definition) is 4. The summed E-state index contributed by atoms with van der Waals surface area (Å²) in [4.78, 5) is 0. The number of nitrogens with one attached hydrogen (secondary N) is 1. The number of thiol groups is 1. The summed E-state index contributed by atoms with van der Waals surface area (Å²) >= 11 is 4.19. The molecule has 0 aliphatic heterocycles. The molecule has 6 nitrogen and oxygen atoms in total. The first kappa shape index (κ1) is 20.2. The lowest BCUT2D eigenvalue weighted by atomic mass is 9.96. The van der Waals surface area contributed by atoms with Crippen LogP contribution in [0.1, 0.15) is 24.8 Å². The van der Waals surface area contributed by atoms with E-state index in [9.17, 15) is 0 Å². The van der Waals surface area contributed by atoms with Gasteiger partial charge in [0.05, 0.1) is 7.11 Å². The van der Waals surface area contributed by atoms with Crippen molar-refractivity contribution in [2.45, 2.75) is 19.3 Å². The first-order valence-electron chi connectivity index (χ1n) is 6.47. The molecule has 3 N–H and O–H groups in total. The molecular formula is C13H23NO5S2. The summed E-state index contributed by atoms with van der Waals surface area (Å²) in [6.07, 6.45) is 1.13. The molecule has 0 saturated heterocycles. The van der Waals surface area contributed by atoms with Crippen LogP contribution in [0.2, 0.25) is 0 Å². The van der Waals surface area contributed by atoms with Crippen molar-refractivity contribution < 1.29 is 22.3 Å². The molecule has 0 bridgehead atoms. The van der Waals surface area contributed by atoms with Crippen LogP contribution in [-0.2, 0) is 10.4 Å². The Morgan fingerprint density at radius 1 is 1.38 bits per heavy atom. The SMILES string of the molecule is CCC(CNCCS)c1cccc(OC)c1.O=S(=O)(O)O. The fraction of sp³-hybridized carbons (Fsp3) is 0.538. The first-order chi connectivity index (χ1) is 9.81. The van der Waals surface area contributed by atoms with E-state index in [0.717, 1.165) is 31.0 Å². The molecule has 1 aromatic carbocycles. The number of ether oxygens (including phenoxy) is 1. The second kappa shape index (κ2) is 10.9. The standard InChI is InChI=1S/C13H21NOS.H2O4S/c1-3-11(10-14-7-8-16)12-5-4-6-13(9-12)15-2;1-5(2,3)4/h4-6,9,11,14,16H,3,7-8,10H2,1-2H3;(H2,1,2,3,4). The van der Waals surface area contributed by atoms with Gasteiger partial charge in [0.1, 0.15) is 5.75 Å². The third-order valence-electron chi connectivity index (χ3n) is 2.74. The molecule has 21 heavy (non-hydrogen) atoms. The first-order valence-corrected chi connectivity index (χ1v) is 8.50. The van der Waals surface area contributed by atoms with Crippen molar-refractivity contribution >= 4 is 23.0 Å². The molecule has 0 fully saturated rings. The maximum Gasteiger partial charge on any atom is 0.394 e. The van der Waals surface area contributed by atoms with Crippen molar-refractivity contribution in [3.05, 3.63) is 29.8 Å². The van der Waals surface area contributed by atoms with Crippen LogP contribution in [0.25, 0.3) is 0 Å². The van der Waals surface area contributed by atoms with Gasteiger partial charge in [0.15, 0.2) is 0 Å². The summed E-state index contributed by atoms with van der Waals surface area (Å²) in [6.45, 7) is 4.18. The molecule has 0 spiro atoms. The normalized spacial score (nSPS) is 12.2. The molecule has 0 saturated carbocycles. The van der Waals surface area contributed by atoms with Crippen LogP contribution in [-0.4, -0.2) is 43.5 Å². The van der Waals surface area contributed by atoms with Gasteiger partial charge in [0.25, 0.3) is 0 Å². The summed E-state index contributed by atoms with van der Waals surface area (Å²) in [5.74, 6) is 2.37. The van der Waals surface area contributed by atoms with Crippen molar-refractivity contribution in [2.24, 2.45) is 0 Å². The van der Waals surface area contributed by atoms with Gasteiger partial charge in [-0.05, 0) is 30.0 Å². The lowest BCUT2D eigenvalue weighted by Gasteiger charge is -2.16. The minimum absolute atomic E-state index is 0.551. The van der Waals surface area contributed by atoms with Gasteiger partial charge in [-0.2, -0.15) is 21.0 Å². The van der Waals surface area contributed by atoms with Gasteiger partial charge in [-0.1, -0.05) is 19.1 Å². The molecule has 1 aromatic rings. The van der Waals surface area contributed by atoms with Crippen LogP contribution in [0, 0.1) is 0 Å². The summed E-state index contributed by atoms with van der Waals surface area (Å²) in [7, 11) is -2.96. The van der Waals surface area contributed by atoms with Gasteiger partial charge >= 0.3 is 10.4 Å². The van der Waals surface area contributed by atoms with E-state index in [1.807, 2.05) is 6.07 Å². The van der Waals surface area contributed by atoms with Crippen molar-refractivity contribution in [1.29, 1.82) is 0 Å². The van der Waals surface area contributed by atoms with Crippen molar-refractivity contribution in [3.8, 4) is 5.75 Å². The Labute approximate surface area is 131 Å². The Hall–Kier alpha value is -0.800. The molecular weight excluding hydrogens is 314 g/mol. The van der Waals surface area contributed by atoms with Crippen LogP contribution >= 0.6 is 12.6 Å². The Balaban J connectivity index is 0.000000690. The molecule has 0 radical (unpaired) electrons. The van der Waals surface area contributed by atoms with E-state index in [0.29, 0.717) is 5.92 Å². The number of benzene rings is 1. The lowest BCUT2D eigenvalue weighted by molar-refractivity contribution is 0.381. The quantitative estimate of drug-likeness (QED) is 0.345. The van der Waals surface area contributed by atoms with Crippen LogP contribution in [0.4, 0.5) is 0 Å². The number of rotatable bonds is 7. The molecule has 0 aromatic heterocycles. The van der Waals surface area contributed by atoms with Crippen molar-refractivity contribution in [1.82, 2.24) is 5.32 Å². The molecule has 0 aliphatic rings. The predicted octanol–water partition coefficient (Wildman–Crippen LogP) is 2.06. The fourth-order valence-corrected chi connectivity index (χ4v) is 1.91. The van der Waals surface area contributed by atoms with Crippen molar-refractivity contribution in [2.75, 3.05) is 26.0 Å². The van der Waals surface area contributed by atoms with Gasteiger partial charge in [-0.25, -0.2) is 0 Å². The van der Waals surface area contributed by atoms with Gasteiger partial charge < -0.3 is 10.1 Å². The van der Waals surface area contributed by atoms with Crippen LogP contribution in [0.3, 0.4) is 0 Å². The highest BCUT2D eigenvalue weighted by Gasteiger charge is 2.09. The Morgan fingerprint density at radius 2 is 2.00 bits per heavy atom. The second-order valence-electron chi connectivity index (χ2n) is 4.26. The van der Waals surface area contributed by atoms with Crippen molar-refractivity contribution in [3.63, 3.8) is 0 Å². The highest BCUT2D eigenvalue weighted by atomic mass is 32.3. The average Bonchev–Trinajstić information content (AvgIpc) is 2.42. The summed E-state index contributed by atoms with van der Waals surface area (Å²) in [6, 6.07) is 8.32. The molecule has 0 heterocycles. The Bertz CT molecular complexity index is 485. The zero-order chi connectivity index (χ0) is 16.3. The highest BCUT2D eigenvalue weighted by Crippen LogP contribution is 2.22. The Morgan fingerprint density at radius 3 is 2.48 bits per heavy atom. The van der Waals surface area contributed by atoms with E-state index < -0.39 is 10.4 Å². The molecule has 8 heteroatoms. The molecule has 1 rings (SSSR count). The molecule has 0 aliphatic carbocycles. The summed E-state index contributed by atoms with van der Waals surface area (Å²) in [5.41, 5.74) is 1.34. The molecule has 122 valence electrons. The molecule has 1 atom stereocenters. The van der Waals surface area contributed by atoms with E-state index in [1.54, 1.807) is 7.11 Å². The minimum atomic E-state index is -4.67. The topological polar surface area (TPSA) is 95.9 Å². The fourth-order valence-electron chi connectivity index (χ4n) is 1.75. The zero-order valence-corrected chi connectivity index (χ0v) is 13.9. The smallest absolute Gasteiger partial charge is 0.394 e. The lowest BCUT2D eigenvalue weighted by Crippen LogP contribution is -2.23. The Kier molecular flexibility index (Phi) is 10.4. The van der Waals surface area contributed by atoms with Gasteiger partial charge in [0.2, 0.25) is 0 Å². The van der Waals surface area contributed by atoms with E-state index in [2.05, 4.69) is 43.1 Å². The monoisotopic (exact) mass is 337 g/mol. The number of methoxy groups -OCH3 is 1. The third-order valence-corrected chi connectivity index (χ3v) is 2.96. The number of hydrogen-bond acceptors (Lipinski definition) is 5. The van der Waals surface area contributed by atoms with Gasteiger partial charge in [-0.3, -0.25) is 9.11 Å². The third kappa shape index (κ3) is 11.5. The van der Waals surface area contributed by atoms with E-state index in [4.69, 9.17) is 22.3 Å². The average molecular weight is 337 g/mol. The maximum absolute atomic E-state index is 8.74. The van der Waals surface area contributed by atoms with Crippen LogP contribution < -0.4 is 10.1 Å². The second-order valence-corrected chi connectivity index (χ2v) is 5.60. The summed E-state index contributed by atoms with van der Waals surface area (Å²) in [5, 5.41) is 3.40. The molecule has 1 unspecified atom stereocenters. The zero-order valence-electron chi connectivity index (χ0n) is 12.2. The largest absolute Gasteiger partial charge is 0.497 e. The maximum atomic E-state index is 8.74. The highest BCUT2D eigenvalue weighted by molar-refractivity contribution is 7.80. The molecule has 0 amide bonds. The predicted molar refractivity (Wildman–Crippen MR) is 86.9 cm³/mol. The van der Waals surface area contributed by atoms with E-state index in [-0.39, 0.29) is 0 Å². The van der Waals surface area contributed by atoms with E-state index >= 15 is 0 Å². The summed E-state index contributed by atoms with van der Waals surface area (Å²) < 4.78 is 36.8. The van der Waals surface area contributed by atoms with Crippen LogP contribution in [0.5, 0.6) is 5.75 Å². The van der Waals surface area contributed by atoms with E-state index in [1.165, 1.54) is 5.56 Å². The van der Waals surface area contributed by atoms with Gasteiger partial charge in [0, 0.05) is 18.8 Å².